The summed E-state index contributed by atoms with van der Waals surface area (Å²) in [4.78, 5) is 23.8. The van der Waals surface area contributed by atoms with Gasteiger partial charge >= 0.3 is 54.5 Å². The summed E-state index contributed by atoms with van der Waals surface area (Å²) in [5.41, 5.74) is 2.11. The van der Waals surface area contributed by atoms with E-state index in [1.54, 1.807) is 12.4 Å². The van der Waals surface area contributed by atoms with E-state index in [1.165, 1.54) is 35.2 Å². The van der Waals surface area contributed by atoms with Gasteiger partial charge in [-0.1, -0.05) is 12.1 Å². The van der Waals surface area contributed by atoms with E-state index < -0.39 is 0 Å². The Hall–Kier alpha value is -0.667. The Morgan fingerprint density at radius 3 is 1.59 bits per heavy atom. The fourth-order valence-corrected chi connectivity index (χ4v) is 1.76. The fourth-order valence-electron chi connectivity index (χ4n) is 1.76. The molecule has 0 fully saturated rings. The number of pyridine rings is 2. The molecule has 0 unspecified atom stereocenters. The van der Waals surface area contributed by atoms with Crippen LogP contribution in [0, 0.1) is 14.2 Å². The number of hydrogen-bond donors (Lipinski definition) is 3. The summed E-state index contributed by atoms with van der Waals surface area (Å²) in [7, 11) is 16.2. The van der Waals surface area contributed by atoms with Crippen molar-refractivity contribution in [2.45, 2.75) is 13.1 Å². The third-order valence-electron chi connectivity index (χ3n) is 2.97. The standard InChI is InChI=1S/C9H14N3.C9H13N2O.2CHO.2ClH.2Os.2H/c1-10-6-7-11-8-9-4-2-3-5-12-9;1-12-7-6-10-8-9-4-2-3-5-11-9;2*1-2;;;;;;/h2-5,10-11H,1,6-8H2;2-5,10H,1,6-8H2;2*1H;2*1H;;;;/q4*-1;;;2*+1;;/p-2. The van der Waals surface area contributed by atoms with Crippen LogP contribution in [0.3, 0.4) is 0 Å². The summed E-state index contributed by atoms with van der Waals surface area (Å²) < 4.78 is 4.65. The summed E-state index contributed by atoms with van der Waals surface area (Å²) in [5.74, 6) is 0. The Bertz CT molecular complexity index is 504. The average Bonchev–Trinajstić information content (AvgIpc) is 2.91. The molecular weight excluding hydrogens is 810 g/mol. The number of rotatable bonds is 10. The van der Waals surface area contributed by atoms with Crippen molar-refractivity contribution in [2.75, 3.05) is 26.2 Å². The molecule has 8 nitrogen and oxygen atoms in total. The second-order valence-electron chi connectivity index (χ2n) is 4.90. The van der Waals surface area contributed by atoms with Crippen LogP contribution in [0.1, 0.15) is 11.4 Å². The third kappa shape index (κ3) is 31.5. The summed E-state index contributed by atoms with van der Waals surface area (Å²) >= 11 is 2.39. The molecule has 0 saturated heterocycles. The zero-order valence-electron chi connectivity index (χ0n) is 17.6. The Balaban J connectivity index is -0.000000187. The van der Waals surface area contributed by atoms with Gasteiger partial charge in [0.1, 0.15) is 0 Å². The molecule has 12 heteroatoms. The van der Waals surface area contributed by atoms with Crippen LogP contribution in [0.4, 0.5) is 0 Å². The molecular formula is C20H31Cl2N5O3Os2-4. The molecule has 0 radical (unpaired) electrons. The molecule has 0 aliphatic rings. The van der Waals surface area contributed by atoms with Gasteiger partial charge in [-0.05, 0) is 30.8 Å². The van der Waals surface area contributed by atoms with Crippen LogP contribution in [0.15, 0.2) is 48.8 Å². The molecule has 0 aromatic carbocycles. The van der Waals surface area contributed by atoms with Crippen molar-refractivity contribution >= 4 is 32.9 Å². The van der Waals surface area contributed by atoms with E-state index >= 15 is 0 Å². The van der Waals surface area contributed by atoms with Crippen molar-refractivity contribution < 1.29 is 49.5 Å². The first-order valence-corrected chi connectivity index (χ1v) is 15.4. The molecule has 0 atom stereocenters. The van der Waals surface area contributed by atoms with E-state index in [-0.39, 0.29) is 0 Å². The van der Waals surface area contributed by atoms with Gasteiger partial charge < -0.3 is 30.3 Å². The third-order valence-corrected chi connectivity index (χ3v) is 2.97. The molecule has 2 aromatic heterocycles. The minimum absolute atomic E-state index is 0.632. The van der Waals surface area contributed by atoms with E-state index in [0.29, 0.717) is 6.61 Å². The van der Waals surface area contributed by atoms with Crippen LogP contribution in [0.2, 0.25) is 0 Å². The van der Waals surface area contributed by atoms with Gasteiger partial charge in [0.25, 0.3) is 0 Å². The van der Waals surface area contributed by atoms with Gasteiger partial charge in [0.2, 0.25) is 0 Å². The normalized spacial score (nSPS) is 8.25. The second-order valence-corrected chi connectivity index (χ2v) is 4.90. The topological polar surface area (TPSA) is 105 Å². The van der Waals surface area contributed by atoms with E-state index in [0.717, 1.165) is 44.1 Å². The number of hydrogen-bond acceptors (Lipinski definition) is 8. The molecule has 0 saturated carbocycles. The zero-order chi connectivity index (χ0) is 25.3. The molecule has 188 valence electrons. The minimum atomic E-state index is 0.632. The van der Waals surface area contributed by atoms with Gasteiger partial charge in [0, 0.05) is 45.2 Å². The van der Waals surface area contributed by atoms with Crippen LogP contribution < -0.4 is 16.0 Å². The van der Waals surface area contributed by atoms with Crippen molar-refractivity contribution in [1.29, 1.82) is 0 Å². The van der Waals surface area contributed by atoms with Crippen LogP contribution in [0.25, 0.3) is 0 Å². The molecule has 2 heterocycles. The molecule has 2 rings (SSSR count). The molecule has 0 aliphatic heterocycles. The molecule has 0 amide bonds. The summed E-state index contributed by atoms with van der Waals surface area (Å²) in [6, 6.07) is 11.8. The van der Waals surface area contributed by atoms with Crippen LogP contribution >= 0.6 is 19.3 Å². The van der Waals surface area contributed by atoms with Gasteiger partial charge in [0.15, 0.2) is 0 Å². The first-order valence-electron chi connectivity index (χ1n) is 8.70. The number of aromatic nitrogens is 2. The van der Waals surface area contributed by atoms with Crippen LogP contribution in [-0.4, -0.2) is 49.8 Å². The van der Waals surface area contributed by atoms with Gasteiger partial charge in [-0.2, -0.15) is 0 Å². The van der Waals surface area contributed by atoms with Crippen molar-refractivity contribution in [3.63, 3.8) is 0 Å². The number of halogens is 2. The molecule has 0 aliphatic carbocycles. The predicted molar refractivity (Wildman–Crippen MR) is 125 cm³/mol. The quantitative estimate of drug-likeness (QED) is 0.190. The van der Waals surface area contributed by atoms with Gasteiger partial charge in [-0.15, -0.1) is 0 Å². The Labute approximate surface area is 220 Å². The fraction of sp³-hybridized carbons (Fsp3) is 0.300. The van der Waals surface area contributed by atoms with Crippen molar-refractivity contribution in [2.24, 2.45) is 0 Å². The Morgan fingerprint density at radius 1 is 0.812 bits per heavy atom. The summed E-state index contributed by atoms with van der Waals surface area (Å²) in [5, 5.41) is 9.23. The SMILES string of the molecule is [CH-]=O.[CH-]=O.[CH2-]NCCNCc1ccccn1.[CH2-]OCCNCc1ccccn1.[Cl][OsH].[Cl][OsH]. The van der Waals surface area contributed by atoms with Gasteiger partial charge in [-0.25, -0.2) is 7.11 Å². The average molecular weight is 841 g/mol. The Kier molecular flexibility index (Phi) is 49.0. The molecule has 0 spiro atoms. The predicted octanol–water partition coefficient (Wildman–Crippen LogP) is 1.82. The Morgan fingerprint density at radius 2 is 1.25 bits per heavy atom. The first kappa shape index (κ1) is 38.6. The number of ether oxygens (including phenoxy) is 1. The van der Waals surface area contributed by atoms with Crippen LogP contribution in [-0.2, 0) is 62.6 Å². The van der Waals surface area contributed by atoms with Crippen molar-refractivity contribution in [3.8, 4) is 0 Å². The van der Waals surface area contributed by atoms with Crippen molar-refractivity contribution in [3.05, 3.63) is 74.3 Å². The van der Waals surface area contributed by atoms with Crippen LogP contribution in [0.5, 0.6) is 0 Å². The summed E-state index contributed by atoms with van der Waals surface area (Å²) in [6.07, 6.45) is 3.59. The number of nitrogens with zero attached hydrogens (tertiary/aromatic N) is 2. The van der Waals surface area contributed by atoms with Gasteiger partial charge in [0.05, 0.1) is 11.4 Å². The molecule has 32 heavy (non-hydrogen) atoms. The second kappa shape index (κ2) is 40.7. The number of nitrogens with one attached hydrogen (secondary N) is 3. The maximum atomic E-state index is 7.75. The molecule has 2 aromatic rings. The van der Waals surface area contributed by atoms with Crippen molar-refractivity contribution in [1.82, 2.24) is 25.9 Å². The zero-order valence-corrected chi connectivity index (χ0v) is 24.5. The number of carbonyl (C=O) groups excluding carboxylic acids is 2. The summed E-state index contributed by atoms with van der Waals surface area (Å²) in [6.45, 7) is 11.3. The maximum absolute atomic E-state index is 7.75. The first-order chi connectivity index (χ1) is 15.9. The molecule has 0 bridgehead atoms. The van der Waals surface area contributed by atoms with E-state index in [4.69, 9.17) is 28.9 Å². The van der Waals surface area contributed by atoms with E-state index in [2.05, 4.69) is 58.4 Å². The van der Waals surface area contributed by atoms with E-state index in [1.807, 2.05) is 36.4 Å². The monoisotopic (exact) mass is 843 g/mol. The van der Waals surface area contributed by atoms with Gasteiger partial charge in [-0.3, -0.25) is 30.6 Å². The molecule has 3 N–H and O–H groups in total. The van der Waals surface area contributed by atoms with E-state index in [9.17, 15) is 0 Å².